The number of hydrogen-bond acceptors (Lipinski definition) is 0. The minimum Gasteiger partial charge on any atom is -0.0776 e. The van der Waals surface area contributed by atoms with Crippen LogP contribution in [0.5, 0.6) is 0 Å². The molecule has 8 unspecified atom stereocenters. The molecule has 0 nitrogen and oxygen atoms in total. The lowest BCUT2D eigenvalue weighted by molar-refractivity contribution is 0.0593. The molecule has 0 spiro atoms. The second-order valence-corrected chi connectivity index (χ2v) is 7.36. The predicted octanol–water partition coefficient (Wildman–Crippen LogP) is 6.90. The standard InChI is InChI=1S/C16H26.4CH4/c1-3-4-12-9(2)13-8-14(12)16-11-6-5-10(7-11)15(13)16;;;;/h9-16H,3-8H2,1-2H3;4*1H4. The maximum absolute atomic E-state index is 2.59. The van der Waals surface area contributed by atoms with Crippen molar-refractivity contribution in [3.8, 4) is 0 Å². The van der Waals surface area contributed by atoms with Crippen molar-refractivity contribution in [3.05, 3.63) is 0 Å². The summed E-state index contributed by atoms with van der Waals surface area (Å²) in [7, 11) is 0. The van der Waals surface area contributed by atoms with E-state index in [0.717, 1.165) is 17.8 Å². The van der Waals surface area contributed by atoms with Gasteiger partial charge in [0.2, 0.25) is 0 Å². The maximum atomic E-state index is 2.59. The van der Waals surface area contributed by atoms with Gasteiger partial charge in [0.1, 0.15) is 0 Å². The van der Waals surface area contributed by atoms with Gasteiger partial charge in [-0.25, -0.2) is 0 Å². The van der Waals surface area contributed by atoms with E-state index < -0.39 is 0 Å². The molecule has 0 aromatic rings. The molecule has 8 atom stereocenters. The summed E-state index contributed by atoms with van der Waals surface area (Å²) in [5.74, 6) is 9.28. The second-order valence-electron chi connectivity index (χ2n) is 7.36. The molecule has 4 aliphatic rings. The van der Waals surface area contributed by atoms with Gasteiger partial charge in [0.25, 0.3) is 0 Å². The maximum Gasteiger partial charge on any atom is -0.0321 e. The quantitative estimate of drug-likeness (QED) is 0.483. The lowest BCUT2D eigenvalue weighted by Crippen LogP contribution is -2.37. The molecule has 0 saturated heterocycles. The molecule has 122 valence electrons. The van der Waals surface area contributed by atoms with Gasteiger partial charge in [-0.3, -0.25) is 0 Å². The molecule has 0 aromatic heterocycles. The first-order chi connectivity index (χ1) is 7.81. The van der Waals surface area contributed by atoms with Gasteiger partial charge < -0.3 is 0 Å². The van der Waals surface area contributed by atoms with Crippen LogP contribution < -0.4 is 0 Å². The summed E-state index contributed by atoms with van der Waals surface area (Å²) in [5, 5.41) is 0. The van der Waals surface area contributed by atoms with Gasteiger partial charge in [-0.1, -0.05) is 56.4 Å². The van der Waals surface area contributed by atoms with Crippen molar-refractivity contribution >= 4 is 0 Å². The highest BCUT2D eigenvalue weighted by molar-refractivity contribution is 5.12. The summed E-state index contributed by atoms with van der Waals surface area (Å²) in [5.41, 5.74) is 0. The topological polar surface area (TPSA) is 0 Å². The molecule has 4 fully saturated rings. The number of hydrogen-bond donors (Lipinski definition) is 0. The first-order valence-electron chi connectivity index (χ1n) is 7.81. The summed E-state index contributed by atoms with van der Waals surface area (Å²) >= 11 is 0. The Morgan fingerprint density at radius 2 is 1.35 bits per heavy atom. The van der Waals surface area contributed by atoms with Crippen LogP contribution in [-0.2, 0) is 0 Å². The molecule has 0 aromatic carbocycles. The summed E-state index contributed by atoms with van der Waals surface area (Å²) < 4.78 is 0. The molecule has 4 saturated carbocycles. The third-order valence-electron chi connectivity index (χ3n) is 7.10. The van der Waals surface area contributed by atoms with Gasteiger partial charge in [0.05, 0.1) is 0 Å². The Balaban J connectivity index is 0.000000902. The van der Waals surface area contributed by atoms with Crippen molar-refractivity contribution in [2.24, 2.45) is 47.3 Å². The van der Waals surface area contributed by atoms with E-state index >= 15 is 0 Å². The Labute approximate surface area is 130 Å². The van der Waals surface area contributed by atoms with Crippen molar-refractivity contribution in [2.45, 2.75) is 82.1 Å². The van der Waals surface area contributed by atoms with Crippen molar-refractivity contribution in [1.82, 2.24) is 0 Å². The molecule has 0 amide bonds. The molecule has 20 heavy (non-hydrogen) atoms. The zero-order valence-electron chi connectivity index (χ0n) is 10.9. The van der Waals surface area contributed by atoms with Crippen molar-refractivity contribution in [2.75, 3.05) is 0 Å². The van der Waals surface area contributed by atoms with Crippen molar-refractivity contribution in [3.63, 3.8) is 0 Å². The zero-order valence-corrected chi connectivity index (χ0v) is 10.9. The van der Waals surface area contributed by atoms with Crippen LogP contribution in [0.1, 0.15) is 82.1 Å². The van der Waals surface area contributed by atoms with E-state index in [1.54, 1.807) is 25.7 Å². The minimum atomic E-state index is 0. The highest BCUT2D eigenvalue weighted by atomic mass is 14.7. The monoisotopic (exact) mass is 282 g/mol. The van der Waals surface area contributed by atoms with Crippen LogP contribution in [0.3, 0.4) is 0 Å². The van der Waals surface area contributed by atoms with Gasteiger partial charge in [-0.2, -0.15) is 0 Å². The molecule has 0 heteroatoms. The summed E-state index contributed by atoms with van der Waals surface area (Å²) in [6.07, 6.45) is 9.41. The average Bonchev–Trinajstić information content (AvgIpc) is 2.97. The number of fused-ring (bicyclic) bond motifs is 9. The average molecular weight is 283 g/mol. The third kappa shape index (κ3) is 2.26. The zero-order chi connectivity index (χ0) is 10.9. The van der Waals surface area contributed by atoms with E-state index in [0.29, 0.717) is 0 Å². The predicted molar refractivity (Wildman–Crippen MR) is 93.9 cm³/mol. The Bertz CT molecular complexity index is 294. The molecule has 4 aliphatic carbocycles. The van der Waals surface area contributed by atoms with Gasteiger partial charge in [0.15, 0.2) is 0 Å². The fraction of sp³-hybridized carbons (Fsp3) is 1.00. The SMILES string of the molecule is C.C.C.C.CCCC1C(C)C2CC1C1C3CCC(C3)C21. The Morgan fingerprint density at radius 1 is 0.800 bits per heavy atom. The number of rotatable bonds is 2. The van der Waals surface area contributed by atoms with Crippen LogP contribution in [0.2, 0.25) is 0 Å². The Hall–Kier alpha value is 0. The third-order valence-corrected chi connectivity index (χ3v) is 7.10. The molecule has 0 radical (unpaired) electrons. The van der Waals surface area contributed by atoms with Gasteiger partial charge in [0, 0.05) is 0 Å². The van der Waals surface area contributed by atoms with E-state index in [2.05, 4.69) is 13.8 Å². The van der Waals surface area contributed by atoms with Crippen LogP contribution in [0.25, 0.3) is 0 Å². The van der Waals surface area contributed by atoms with Crippen molar-refractivity contribution < 1.29 is 0 Å². The van der Waals surface area contributed by atoms with Gasteiger partial charge >= 0.3 is 0 Å². The van der Waals surface area contributed by atoms with Crippen LogP contribution in [0, 0.1) is 47.3 Å². The van der Waals surface area contributed by atoms with Crippen LogP contribution in [0.4, 0.5) is 0 Å². The fourth-order valence-electron chi connectivity index (χ4n) is 6.82. The molecule has 0 heterocycles. The molecule has 0 N–H and O–H groups in total. The first kappa shape index (κ1) is 20.0. The summed E-state index contributed by atoms with van der Waals surface area (Å²) in [6.45, 7) is 4.98. The van der Waals surface area contributed by atoms with E-state index in [4.69, 9.17) is 0 Å². The van der Waals surface area contributed by atoms with Crippen LogP contribution in [-0.4, -0.2) is 0 Å². The van der Waals surface area contributed by atoms with Crippen LogP contribution >= 0.6 is 0 Å². The smallest absolute Gasteiger partial charge is 0.0321 e. The molecular weight excluding hydrogens is 240 g/mol. The van der Waals surface area contributed by atoms with Crippen LogP contribution in [0.15, 0.2) is 0 Å². The fourth-order valence-corrected chi connectivity index (χ4v) is 6.82. The van der Waals surface area contributed by atoms with Crippen molar-refractivity contribution in [1.29, 1.82) is 0 Å². The normalized spacial score (nSPS) is 49.5. The highest BCUT2D eigenvalue weighted by Crippen LogP contribution is 2.70. The van der Waals surface area contributed by atoms with E-state index in [9.17, 15) is 0 Å². The lowest BCUT2D eigenvalue weighted by Gasteiger charge is -2.42. The molecule has 4 bridgehead atoms. The van der Waals surface area contributed by atoms with Gasteiger partial charge in [-0.05, 0) is 73.0 Å². The Morgan fingerprint density at radius 3 is 1.90 bits per heavy atom. The lowest BCUT2D eigenvalue weighted by atomic mass is 9.63. The molecule has 0 aliphatic heterocycles. The van der Waals surface area contributed by atoms with Gasteiger partial charge in [-0.15, -0.1) is 0 Å². The van der Waals surface area contributed by atoms with E-state index in [1.807, 2.05) is 0 Å². The largest absolute Gasteiger partial charge is 0.0776 e. The van der Waals surface area contributed by atoms with E-state index in [-0.39, 0.29) is 29.7 Å². The second kappa shape index (κ2) is 6.84. The summed E-state index contributed by atoms with van der Waals surface area (Å²) in [4.78, 5) is 0. The van der Waals surface area contributed by atoms with E-state index in [1.165, 1.54) is 42.4 Å². The molecular formula is C20H42. The first-order valence-corrected chi connectivity index (χ1v) is 7.81. The Kier molecular flexibility index (Phi) is 6.84. The summed E-state index contributed by atoms with van der Waals surface area (Å²) in [6, 6.07) is 0. The molecule has 4 rings (SSSR count). The minimum absolute atomic E-state index is 0. The highest BCUT2D eigenvalue weighted by Gasteiger charge is 2.63.